The summed E-state index contributed by atoms with van der Waals surface area (Å²) in [6.45, 7) is 3.01. The number of aromatic nitrogens is 2. The fourth-order valence-electron chi connectivity index (χ4n) is 2.98. The van der Waals surface area contributed by atoms with Gasteiger partial charge in [-0.1, -0.05) is 48.5 Å². The smallest absolute Gasteiger partial charge is 0.183 e. The molecule has 0 saturated heterocycles. The molecule has 2 aromatic heterocycles. The summed E-state index contributed by atoms with van der Waals surface area (Å²) in [7, 11) is 0. The molecule has 0 fully saturated rings. The van der Waals surface area contributed by atoms with Gasteiger partial charge >= 0.3 is 0 Å². The second kappa shape index (κ2) is 7.85. The van der Waals surface area contributed by atoms with Crippen molar-refractivity contribution in [3.63, 3.8) is 0 Å². The minimum Gasteiger partial charge on any atom is -0.361 e. The predicted octanol–water partition coefficient (Wildman–Crippen LogP) is 5.83. The van der Waals surface area contributed by atoms with E-state index in [0.29, 0.717) is 0 Å². The lowest BCUT2D eigenvalue weighted by Gasteiger charge is -2.02. The Balaban J connectivity index is 0.00000182. The molecule has 0 unspecified atom stereocenters. The van der Waals surface area contributed by atoms with Crippen LogP contribution in [0.4, 0.5) is 5.13 Å². The van der Waals surface area contributed by atoms with Crippen LogP contribution in [0.15, 0.2) is 60.8 Å². The molecule has 4 rings (SSSR count). The van der Waals surface area contributed by atoms with E-state index in [1.165, 1.54) is 26.9 Å². The van der Waals surface area contributed by atoms with Gasteiger partial charge in [-0.3, -0.25) is 0 Å². The molecule has 0 atom stereocenters. The Kier molecular flexibility index (Phi) is 5.56. The number of aromatic amines is 1. The number of benzene rings is 2. The number of nitrogens with zero attached hydrogens (tertiary/aromatic N) is 1. The molecule has 2 heterocycles. The molecular weight excluding hydrogens is 394 g/mol. The Morgan fingerprint density at radius 2 is 1.80 bits per heavy atom. The third-order valence-electron chi connectivity index (χ3n) is 4.19. The topological polar surface area (TPSA) is 40.7 Å². The molecule has 0 radical (unpaired) electrons. The van der Waals surface area contributed by atoms with Crippen LogP contribution >= 0.6 is 28.3 Å². The number of thiazole rings is 1. The number of hydrogen-bond donors (Lipinski definition) is 2. The van der Waals surface area contributed by atoms with Crippen molar-refractivity contribution >= 4 is 44.4 Å². The summed E-state index contributed by atoms with van der Waals surface area (Å²) in [6.07, 6.45) is 3.08. The third kappa shape index (κ3) is 3.78. The second-order valence-electron chi connectivity index (χ2n) is 5.83. The van der Waals surface area contributed by atoms with Gasteiger partial charge in [-0.2, -0.15) is 0 Å². The average Bonchev–Trinajstić information content (AvgIpc) is 3.20. The summed E-state index contributed by atoms with van der Waals surface area (Å²) in [5, 5.41) is 5.77. The van der Waals surface area contributed by atoms with E-state index >= 15 is 0 Å². The Labute approximate surface area is 161 Å². The van der Waals surface area contributed by atoms with Crippen molar-refractivity contribution in [2.75, 3.05) is 11.9 Å². The first-order valence-corrected chi connectivity index (χ1v) is 8.94. The van der Waals surface area contributed by atoms with Gasteiger partial charge in [0.1, 0.15) is 0 Å². The molecule has 3 nitrogen and oxygen atoms in total. The highest BCUT2D eigenvalue weighted by Crippen LogP contribution is 2.30. The fraction of sp³-hybridized carbons (Fsp3) is 0.150. The summed E-state index contributed by atoms with van der Waals surface area (Å²) in [4.78, 5) is 9.34. The molecular formula is C20H20BrN3S. The lowest BCUT2D eigenvalue weighted by atomic mass is 10.1. The molecule has 0 aliphatic heterocycles. The van der Waals surface area contributed by atoms with Gasteiger partial charge in [0.05, 0.1) is 5.69 Å². The molecule has 4 aromatic rings. The number of fused-ring (bicyclic) bond motifs is 1. The number of hydrogen-bond acceptors (Lipinski definition) is 3. The van der Waals surface area contributed by atoms with Gasteiger partial charge in [0, 0.05) is 34.1 Å². The van der Waals surface area contributed by atoms with E-state index in [-0.39, 0.29) is 17.0 Å². The van der Waals surface area contributed by atoms with Crippen LogP contribution in [-0.4, -0.2) is 16.5 Å². The first-order chi connectivity index (χ1) is 11.8. The summed E-state index contributed by atoms with van der Waals surface area (Å²) in [6, 6.07) is 18.8. The van der Waals surface area contributed by atoms with E-state index < -0.39 is 0 Å². The zero-order chi connectivity index (χ0) is 16.4. The number of anilines is 1. The van der Waals surface area contributed by atoms with Gasteiger partial charge in [0.25, 0.3) is 0 Å². The Morgan fingerprint density at radius 3 is 2.64 bits per heavy atom. The largest absolute Gasteiger partial charge is 0.361 e. The quantitative estimate of drug-likeness (QED) is 0.431. The zero-order valence-corrected chi connectivity index (χ0v) is 16.5. The van der Waals surface area contributed by atoms with Crippen molar-refractivity contribution in [3.05, 3.63) is 71.2 Å². The van der Waals surface area contributed by atoms with Crippen LogP contribution in [0.1, 0.15) is 10.4 Å². The molecule has 0 aliphatic carbocycles. The normalized spacial score (nSPS) is 10.6. The van der Waals surface area contributed by atoms with Gasteiger partial charge in [-0.05, 0) is 25.0 Å². The van der Waals surface area contributed by atoms with E-state index in [0.717, 1.165) is 23.8 Å². The second-order valence-corrected chi connectivity index (χ2v) is 7.03. The van der Waals surface area contributed by atoms with Crippen molar-refractivity contribution in [1.82, 2.24) is 9.97 Å². The molecule has 0 spiro atoms. The maximum atomic E-state index is 4.76. The lowest BCUT2D eigenvalue weighted by Crippen LogP contribution is -2.04. The lowest BCUT2D eigenvalue weighted by molar-refractivity contribution is 1.02. The predicted molar refractivity (Wildman–Crippen MR) is 113 cm³/mol. The highest BCUT2D eigenvalue weighted by molar-refractivity contribution is 8.93. The van der Waals surface area contributed by atoms with Crippen molar-refractivity contribution < 1.29 is 0 Å². The molecule has 5 heteroatoms. The summed E-state index contributed by atoms with van der Waals surface area (Å²) >= 11 is 1.72. The fourth-order valence-corrected chi connectivity index (χ4v) is 3.84. The van der Waals surface area contributed by atoms with Gasteiger partial charge in [0.15, 0.2) is 5.13 Å². The van der Waals surface area contributed by atoms with Crippen LogP contribution in [0.5, 0.6) is 0 Å². The SMILES string of the molecule is Br.Cc1sc(NCCc2c[nH]c3ccccc23)nc1-c1ccccc1. The number of rotatable bonds is 5. The minimum absolute atomic E-state index is 0. The Hall–Kier alpha value is -2.11. The van der Waals surface area contributed by atoms with Gasteiger partial charge in [0.2, 0.25) is 0 Å². The van der Waals surface area contributed by atoms with Crippen molar-refractivity contribution in [1.29, 1.82) is 0 Å². The average molecular weight is 414 g/mol. The molecule has 0 saturated carbocycles. The number of H-pyrrole nitrogens is 1. The molecule has 0 amide bonds. The molecule has 2 N–H and O–H groups in total. The number of halogens is 1. The Bertz CT molecular complexity index is 959. The van der Waals surface area contributed by atoms with Crippen LogP contribution < -0.4 is 5.32 Å². The van der Waals surface area contributed by atoms with E-state index in [9.17, 15) is 0 Å². The summed E-state index contributed by atoms with van der Waals surface area (Å²) < 4.78 is 0. The van der Waals surface area contributed by atoms with Crippen molar-refractivity contribution in [3.8, 4) is 11.3 Å². The first kappa shape index (κ1) is 17.7. The monoisotopic (exact) mass is 413 g/mol. The van der Waals surface area contributed by atoms with Crippen LogP contribution in [0.25, 0.3) is 22.2 Å². The highest BCUT2D eigenvalue weighted by Gasteiger charge is 2.09. The first-order valence-electron chi connectivity index (χ1n) is 8.13. The summed E-state index contributed by atoms with van der Waals surface area (Å²) in [5.74, 6) is 0. The molecule has 0 bridgehead atoms. The van der Waals surface area contributed by atoms with E-state index in [4.69, 9.17) is 4.98 Å². The zero-order valence-electron chi connectivity index (χ0n) is 14.0. The number of nitrogens with one attached hydrogen (secondary N) is 2. The van der Waals surface area contributed by atoms with Gasteiger partial charge < -0.3 is 10.3 Å². The van der Waals surface area contributed by atoms with Crippen LogP contribution in [-0.2, 0) is 6.42 Å². The number of aryl methyl sites for hydroxylation is 1. The standard InChI is InChI=1S/C20H19N3S.BrH/c1-14-19(15-7-3-2-4-8-15)23-20(24-14)21-12-11-16-13-22-18-10-6-5-9-17(16)18;/h2-10,13,22H,11-12H2,1H3,(H,21,23);1H. The molecule has 128 valence electrons. The van der Waals surface area contributed by atoms with Crippen molar-refractivity contribution in [2.45, 2.75) is 13.3 Å². The van der Waals surface area contributed by atoms with Crippen LogP contribution in [0, 0.1) is 6.92 Å². The Morgan fingerprint density at radius 1 is 1.04 bits per heavy atom. The minimum atomic E-state index is 0. The van der Waals surface area contributed by atoms with Gasteiger partial charge in [-0.25, -0.2) is 4.98 Å². The summed E-state index contributed by atoms with van der Waals surface area (Å²) in [5.41, 5.74) is 4.80. The van der Waals surface area contributed by atoms with E-state index in [1.807, 2.05) is 6.07 Å². The number of para-hydroxylation sites is 1. The third-order valence-corrected chi connectivity index (χ3v) is 5.12. The maximum absolute atomic E-state index is 4.76. The van der Waals surface area contributed by atoms with Crippen molar-refractivity contribution in [2.24, 2.45) is 0 Å². The van der Waals surface area contributed by atoms with Crippen LogP contribution in [0.2, 0.25) is 0 Å². The van der Waals surface area contributed by atoms with Crippen LogP contribution in [0.3, 0.4) is 0 Å². The molecule has 25 heavy (non-hydrogen) atoms. The molecule has 2 aromatic carbocycles. The maximum Gasteiger partial charge on any atom is 0.183 e. The van der Waals surface area contributed by atoms with E-state index in [2.05, 4.69) is 72.0 Å². The highest BCUT2D eigenvalue weighted by atomic mass is 79.9. The van der Waals surface area contributed by atoms with E-state index in [1.54, 1.807) is 11.3 Å². The molecule has 0 aliphatic rings. The van der Waals surface area contributed by atoms with Gasteiger partial charge in [-0.15, -0.1) is 28.3 Å².